The third-order valence-corrected chi connectivity index (χ3v) is 3.94. The standard InChI is InChI=1S/C16H14FN3O4/c17-11-3-1-2-4-13(11)20-14(21)6-5-12(19-20)15(22)18-10-7-9(8-10)16(23)24/h1-6,9-10H,7-8H2,(H,18,22)(H,23,24). The van der Waals surface area contributed by atoms with Crippen LogP contribution in [0.3, 0.4) is 0 Å². The van der Waals surface area contributed by atoms with E-state index in [-0.39, 0.29) is 17.4 Å². The first-order valence-electron chi connectivity index (χ1n) is 7.34. The van der Waals surface area contributed by atoms with Crippen molar-refractivity contribution in [2.75, 3.05) is 0 Å². The first-order valence-corrected chi connectivity index (χ1v) is 7.34. The number of carbonyl (C=O) groups is 2. The maximum atomic E-state index is 13.8. The van der Waals surface area contributed by atoms with Gasteiger partial charge < -0.3 is 10.4 Å². The third-order valence-electron chi connectivity index (χ3n) is 3.94. The van der Waals surface area contributed by atoms with Crippen LogP contribution >= 0.6 is 0 Å². The average Bonchev–Trinajstić information content (AvgIpc) is 2.51. The molecule has 0 aliphatic heterocycles. The molecule has 0 spiro atoms. The molecule has 124 valence electrons. The fourth-order valence-corrected chi connectivity index (χ4v) is 2.53. The molecule has 2 aromatic rings. The molecule has 3 rings (SSSR count). The minimum Gasteiger partial charge on any atom is -0.481 e. The van der Waals surface area contributed by atoms with Crippen molar-refractivity contribution in [3.05, 3.63) is 58.3 Å². The Bertz CT molecular complexity index is 858. The summed E-state index contributed by atoms with van der Waals surface area (Å²) in [6.07, 6.45) is 0.710. The number of hydrogen-bond acceptors (Lipinski definition) is 4. The molecule has 2 N–H and O–H groups in total. The molecule has 1 fully saturated rings. The number of amides is 1. The molecule has 8 heteroatoms. The lowest BCUT2D eigenvalue weighted by Gasteiger charge is -2.32. The first kappa shape index (κ1) is 15.9. The van der Waals surface area contributed by atoms with Crippen LogP contribution in [0.15, 0.2) is 41.2 Å². The molecule has 24 heavy (non-hydrogen) atoms. The van der Waals surface area contributed by atoms with E-state index in [1.165, 1.54) is 24.3 Å². The molecule has 1 saturated carbocycles. The highest BCUT2D eigenvalue weighted by atomic mass is 19.1. The maximum absolute atomic E-state index is 13.8. The number of nitrogens with zero attached hydrogens (tertiary/aromatic N) is 2. The fourth-order valence-electron chi connectivity index (χ4n) is 2.53. The topological polar surface area (TPSA) is 101 Å². The van der Waals surface area contributed by atoms with Gasteiger partial charge in [-0.3, -0.25) is 14.4 Å². The zero-order valence-corrected chi connectivity index (χ0v) is 12.5. The van der Waals surface area contributed by atoms with E-state index in [1.807, 2.05) is 0 Å². The van der Waals surface area contributed by atoms with Crippen LogP contribution in [0, 0.1) is 11.7 Å². The number of hydrogen-bond donors (Lipinski definition) is 2. The highest BCUT2D eigenvalue weighted by Crippen LogP contribution is 2.27. The van der Waals surface area contributed by atoms with Crippen molar-refractivity contribution in [3.8, 4) is 5.69 Å². The van der Waals surface area contributed by atoms with Crippen LogP contribution in [0.1, 0.15) is 23.3 Å². The lowest BCUT2D eigenvalue weighted by molar-refractivity contribution is -0.145. The van der Waals surface area contributed by atoms with Crippen molar-refractivity contribution in [2.45, 2.75) is 18.9 Å². The van der Waals surface area contributed by atoms with Gasteiger partial charge in [-0.15, -0.1) is 0 Å². The zero-order chi connectivity index (χ0) is 17.3. The van der Waals surface area contributed by atoms with Gasteiger partial charge in [0.05, 0.1) is 5.92 Å². The second-order valence-electron chi connectivity index (χ2n) is 5.60. The molecule has 1 heterocycles. The van der Waals surface area contributed by atoms with Gasteiger partial charge in [-0.25, -0.2) is 4.39 Å². The number of carbonyl (C=O) groups excluding carboxylic acids is 1. The Balaban J connectivity index is 1.79. The Hall–Kier alpha value is -3.03. The molecule has 1 aliphatic carbocycles. The molecule has 0 unspecified atom stereocenters. The molecule has 0 radical (unpaired) electrons. The van der Waals surface area contributed by atoms with Crippen LogP contribution in [-0.2, 0) is 4.79 Å². The normalized spacial score (nSPS) is 19.4. The number of nitrogens with one attached hydrogen (secondary N) is 1. The van der Waals surface area contributed by atoms with Crippen molar-refractivity contribution in [3.63, 3.8) is 0 Å². The summed E-state index contributed by atoms with van der Waals surface area (Å²) in [6, 6.07) is 7.76. The van der Waals surface area contributed by atoms with E-state index in [0.29, 0.717) is 12.8 Å². The van der Waals surface area contributed by atoms with E-state index in [1.54, 1.807) is 6.07 Å². The first-order chi connectivity index (χ1) is 11.5. The predicted octanol–water partition coefficient (Wildman–Crippen LogP) is 0.965. The zero-order valence-electron chi connectivity index (χ0n) is 12.5. The number of halogens is 1. The van der Waals surface area contributed by atoms with Gasteiger partial charge in [0.15, 0.2) is 0 Å². The number of benzene rings is 1. The Labute approximate surface area is 135 Å². The summed E-state index contributed by atoms with van der Waals surface area (Å²) in [4.78, 5) is 34.8. The van der Waals surface area contributed by atoms with E-state index in [9.17, 15) is 18.8 Å². The van der Waals surface area contributed by atoms with Gasteiger partial charge in [-0.05, 0) is 31.0 Å². The van der Waals surface area contributed by atoms with Gasteiger partial charge in [-0.1, -0.05) is 12.1 Å². The molecule has 7 nitrogen and oxygen atoms in total. The molecule has 0 saturated heterocycles. The summed E-state index contributed by atoms with van der Waals surface area (Å²) < 4.78 is 14.6. The Morgan fingerprint density at radius 3 is 2.58 bits per heavy atom. The third kappa shape index (κ3) is 3.03. The smallest absolute Gasteiger partial charge is 0.306 e. The van der Waals surface area contributed by atoms with Crippen molar-refractivity contribution < 1.29 is 19.1 Å². The summed E-state index contributed by atoms with van der Waals surface area (Å²) in [5, 5.41) is 15.4. The summed E-state index contributed by atoms with van der Waals surface area (Å²) in [5.41, 5.74) is -0.658. The van der Waals surface area contributed by atoms with Crippen molar-refractivity contribution in [1.82, 2.24) is 15.1 Å². The SMILES string of the molecule is O=C(NC1CC(C(=O)O)C1)c1ccc(=O)n(-c2ccccc2F)n1. The van der Waals surface area contributed by atoms with Gasteiger partial charge in [0.2, 0.25) is 0 Å². The average molecular weight is 331 g/mol. The molecule has 1 amide bonds. The minimum absolute atomic E-state index is 0.0448. The minimum atomic E-state index is -0.883. The number of rotatable bonds is 4. The van der Waals surface area contributed by atoms with Gasteiger partial charge in [0.25, 0.3) is 11.5 Å². The lowest BCUT2D eigenvalue weighted by atomic mass is 9.80. The predicted molar refractivity (Wildman–Crippen MR) is 81.4 cm³/mol. The number of para-hydroxylation sites is 1. The second-order valence-corrected chi connectivity index (χ2v) is 5.60. The highest BCUT2D eigenvalue weighted by Gasteiger charge is 2.35. The number of aliphatic carboxylic acids is 1. The number of carboxylic acids is 1. The summed E-state index contributed by atoms with van der Waals surface area (Å²) in [5.74, 6) is -2.50. The molecule has 1 aromatic carbocycles. The van der Waals surface area contributed by atoms with Crippen LogP contribution in [0.5, 0.6) is 0 Å². The van der Waals surface area contributed by atoms with Crippen LogP contribution in [0.2, 0.25) is 0 Å². The largest absolute Gasteiger partial charge is 0.481 e. The van der Waals surface area contributed by atoms with Crippen LogP contribution in [0.25, 0.3) is 5.69 Å². The number of carboxylic acid groups (broad SMARTS) is 1. The summed E-state index contributed by atoms with van der Waals surface area (Å²) in [6.45, 7) is 0. The van der Waals surface area contributed by atoms with Crippen LogP contribution < -0.4 is 10.9 Å². The van der Waals surface area contributed by atoms with E-state index < -0.39 is 29.2 Å². The molecular weight excluding hydrogens is 317 g/mol. The Kier molecular flexibility index (Phi) is 4.11. The highest BCUT2D eigenvalue weighted by molar-refractivity contribution is 5.92. The van der Waals surface area contributed by atoms with E-state index in [0.717, 1.165) is 10.7 Å². The van der Waals surface area contributed by atoms with E-state index in [4.69, 9.17) is 5.11 Å². The van der Waals surface area contributed by atoms with Crippen molar-refractivity contribution >= 4 is 11.9 Å². The van der Waals surface area contributed by atoms with E-state index >= 15 is 0 Å². The van der Waals surface area contributed by atoms with Gasteiger partial charge >= 0.3 is 5.97 Å². The van der Waals surface area contributed by atoms with E-state index in [2.05, 4.69) is 10.4 Å². The van der Waals surface area contributed by atoms with Crippen molar-refractivity contribution in [1.29, 1.82) is 0 Å². The number of aromatic nitrogens is 2. The quantitative estimate of drug-likeness (QED) is 0.869. The van der Waals surface area contributed by atoms with Gasteiger partial charge in [-0.2, -0.15) is 9.78 Å². The van der Waals surface area contributed by atoms with Crippen molar-refractivity contribution in [2.24, 2.45) is 5.92 Å². The second kappa shape index (κ2) is 6.23. The van der Waals surface area contributed by atoms with Gasteiger partial charge in [0, 0.05) is 12.1 Å². The summed E-state index contributed by atoms with van der Waals surface area (Å²) >= 11 is 0. The molecule has 1 aromatic heterocycles. The summed E-state index contributed by atoms with van der Waals surface area (Å²) in [7, 11) is 0. The van der Waals surface area contributed by atoms with Crippen LogP contribution in [-0.4, -0.2) is 32.8 Å². The van der Waals surface area contributed by atoms with Gasteiger partial charge in [0.1, 0.15) is 17.2 Å². The molecule has 0 bridgehead atoms. The molecule has 0 atom stereocenters. The monoisotopic (exact) mass is 331 g/mol. The molecular formula is C16H14FN3O4. The Morgan fingerprint density at radius 2 is 1.92 bits per heavy atom. The molecule has 1 aliphatic rings. The maximum Gasteiger partial charge on any atom is 0.306 e. The lowest BCUT2D eigenvalue weighted by Crippen LogP contribution is -2.47. The van der Waals surface area contributed by atoms with Crippen LogP contribution in [0.4, 0.5) is 4.39 Å². The fraction of sp³-hybridized carbons (Fsp3) is 0.250. The Morgan fingerprint density at radius 1 is 1.21 bits per heavy atom.